The summed E-state index contributed by atoms with van der Waals surface area (Å²) in [7, 11) is 3.16. The minimum atomic E-state index is -0.823. The predicted octanol–water partition coefficient (Wildman–Crippen LogP) is 2.80. The average Bonchev–Trinajstić information content (AvgIpc) is 2.46. The molecule has 1 atom stereocenters. The summed E-state index contributed by atoms with van der Waals surface area (Å²) in [5.41, 5.74) is 3.34. The number of hydrogen-bond donors (Lipinski definition) is 1. The van der Waals surface area contributed by atoms with Gasteiger partial charge in [-0.1, -0.05) is 6.07 Å². The lowest BCUT2D eigenvalue weighted by molar-refractivity contribution is 0.209. The molecule has 1 unspecified atom stereocenters. The van der Waals surface area contributed by atoms with Crippen LogP contribution in [0.5, 0.6) is 11.5 Å². The molecule has 1 aromatic heterocycles. The van der Waals surface area contributed by atoms with E-state index in [0.717, 1.165) is 11.1 Å². The number of hydrogen-bond acceptors (Lipinski definition) is 4. The molecule has 0 amide bonds. The smallest absolute Gasteiger partial charge is 0.128 e. The lowest BCUT2D eigenvalue weighted by Crippen LogP contribution is -2.07. The van der Waals surface area contributed by atoms with Crippen molar-refractivity contribution in [2.24, 2.45) is 0 Å². The van der Waals surface area contributed by atoms with Crippen LogP contribution >= 0.6 is 0 Å². The SMILES string of the molecule is COc1ccc(C(O)c2ncc(C)cc2C)c(OC)c1. The monoisotopic (exact) mass is 273 g/mol. The van der Waals surface area contributed by atoms with Crippen LogP contribution in [0.25, 0.3) is 0 Å². The van der Waals surface area contributed by atoms with Crippen LogP contribution < -0.4 is 9.47 Å². The quantitative estimate of drug-likeness (QED) is 0.930. The molecule has 2 aromatic rings. The molecule has 0 spiro atoms. The minimum Gasteiger partial charge on any atom is -0.497 e. The molecule has 0 fully saturated rings. The van der Waals surface area contributed by atoms with E-state index < -0.39 is 6.10 Å². The van der Waals surface area contributed by atoms with Crippen LogP contribution in [0.15, 0.2) is 30.5 Å². The maximum Gasteiger partial charge on any atom is 0.128 e. The van der Waals surface area contributed by atoms with Crippen LogP contribution in [0.2, 0.25) is 0 Å². The summed E-state index contributed by atoms with van der Waals surface area (Å²) in [5, 5.41) is 10.6. The minimum absolute atomic E-state index is 0.582. The first-order chi connectivity index (χ1) is 9.56. The van der Waals surface area contributed by atoms with E-state index in [2.05, 4.69) is 4.98 Å². The van der Waals surface area contributed by atoms with Gasteiger partial charge in [0.25, 0.3) is 0 Å². The molecule has 106 valence electrons. The third-order valence-corrected chi connectivity index (χ3v) is 3.25. The van der Waals surface area contributed by atoms with Crippen molar-refractivity contribution in [1.82, 2.24) is 4.98 Å². The first-order valence-corrected chi connectivity index (χ1v) is 6.40. The summed E-state index contributed by atoms with van der Waals surface area (Å²) < 4.78 is 10.5. The number of benzene rings is 1. The second-order valence-corrected chi connectivity index (χ2v) is 4.73. The maximum atomic E-state index is 10.6. The number of aliphatic hydroxyl groups excluding tert-OH is 1. The Morgan fingerprint density at radius 3 is 2.45 bits per heavy atom. The standard InChI is InChI=1S/C16H19NO3/c1-10-7-11(2)15(17-9-10)16(18)13-6-5-12(19-3)8-14(13)20-4/h5-9,16,18H,1-4H3. The van der Waals surface area contributed by atoms with Gasteiger partial charge in [0, 0.05) is 17.8 Å². The van der Waals surface area contributed by atoms with Crippen LogP contribution in [0.3, 0.4) is 0 Å². The molecule has 2 rings (SSSR count). The fourth-order valence-corrected chi connectivity index (χ4v) is 2.20. The largest absolute Gasteiger partial charge is 0.497 e. The highest BCUT2D eigenvalue weighted by molar-refractivity contribution is 5.45. The summed E-state index contributed by atoms with van der Waals surface area (Å²) in [6.45, 7) is 3.92. The number of methoxy groups -OCH3 is 2. The molecule has 0 aliphatic rings. The predicted molar refractivity (Wildman–Crippen MR) is 77.3 cm³/mol. The lowest BCUT2D eigenvalue weighted by atomic mass is 10.0. The van der Waals surface area contributed by atoms with E-state index in [0.29, 0.717) is 22.8 Å². The Morgan fingerprint density at radius 1 is 1.10 bits per heavy atom. The lowest BCUT2D eigenvalue weighted by Gasteiger charge is -2.17. The van der Waals surface area contributed by atoms with Gasteiger partial charge in [-0.25, -0.2) is 0 Å². The number of aromatic nitrogens is 1. The van der Waals surface area contributed by atoms with E-state index in [1.165, 1.54) is 0 Å². The van der Waals surface area contributed by atoms with E-state index >= 15 is 0 Å². The van der Waals surface area contributed by atoms with Crippen LogP contribution in [-0.2, 0) is 0 Å². The van der Waals surface area contributed by atoms with Crippen molar-refractivity contribution in [2.45, 2.75) is 20.0 Å². The van der Waals surface area contributed by atoms with Gasteiger partial charge in [-0.15, -0.1) is 0 Å². The molecule has 0 bridgehead atoms. The third kappa shape index (κ3) is 2.75. The second kappa shape index (κ2) is 5.92. The maximum absolute atomic E-state index is 10.6. The molecule has 0 aliphatic heterocycles. The summed E-state index contributed by atoms with van der Waals surface area (Å²) in [6, 6.07) is 7.34. The zero-order valence-electron chi connectivity index (χ0n) is 12.2. The van der Waals surface area contributed by atoms with E-state index in [1.54, 1.807) is 38.6 Å². The van der Waals surface area contributed by atoms with Gasteiger partial charge in [-0.2, -0.15) is 0 Å². The topological polar surface area (TPSA) is 51.6 Å². The van der Waals surface area contributed by atoms with Gasteiger partial charge >= 0.3 is 0 Å². The van der Waals surface area contributed by atoms with Crippen molar-refractivity contribution < 1.29 is 14.6 Å². The molecule has 0 saturated heterocycles. The highest BCUT2D eigenvalue weighted by Gasteiger charge is 2.19. The Balaban J connectivity index is 2.44. The molecule has 1 N–H and O–H groups in total. The molecular weight excluding hydrogens is 254 g/mol. The Bertz CT molecular complexity index is 611. The molecule has 4 nitrogen and oxygen atoms in total. The number of pyridine rings is 1. The average molecular weight is 273 g/mol. The van der Waals surface area contributed by atoms with Crippen LogP contribution in [0, 0.1) is 13.8 Å². The van der Waals surface area contributed by atoms with Crippen LogP contribution in [-0.4, -0.2) is 24.3 Å². The molecule has 4 heteroatoms. The van der Waals surface area contributed by atoms with Gasteiger partial charge in [0.2, 0.25) is 0 Å². The van der Waals surface area contributed by atoms with Gasteiger partial charge in [0.1, 0.15) is 17.6 Å². The number of aryl methyl sites for hydroxylation is 2. The number of rotatable bonds is 4. The molecule has 1 aromatic carbocycles. The normalized spacial score (nSPS) is 12.1. The highest BCUT2D eigenvalue weighted by atomic mass is 16.5. The van der Waals surface area contributed by atoms with Gasteiger partial charge in [-0.3, -0.25) is 4.98 Å². The molecule has 0 radical (unpaired) electrons. The van der Waals surface area contributed by atoms with E-state index in [9.17, 15) is 5.11 Å². The van der Waals surface area contributed by atoms with Crippen LogP contribution in [0.4, 0.5) is 0 Å². The van der Waals surface area contributed by atoms with Crippen LogP contribution in [0.1, 0.15) is 28.5 Å². The molecule has 0 aliphatic carbocycles. The summed E-state index contributed by atoms with van der Waals surface area (Å²) in [6.07, 6.45) is 0.929. The Hall–Kier alpha value is -2.07. The van der Waals surface area contributed by atoms with E-state index in [1.807, 2.05) is 19.9 Å². The van der Waals surface area contributed by atoms with Crippen molar-refractivity contribution in [2.75, 3.05) is 14.2 Å². The number of ether oxygens (including phenoxy) is 2. The second-order valence-electron chi connectivity index (χ2n) is 4.73. The first kappa shape index (κ1) is 14.3. The van der Waals surface area contributed by atoms with Crippen molar-refractivity contribution in [3.63, 3.8) is 0 Å². The van der Waals surface area contributed by atoms with Gasteiger partial charge in [-0.05, 0) is 37.1 Å². The van der Waals surface area contributed by atoms with Crippen molar-refractivity contribution in [1.29, 1.82) is 0 Å². The summed E-state index contributed by atoms with van der Waals surface area (Å²) in [4.78, 5) is 4.34. The van der Waals surface area contributed by atoms with Gasteiger partial charge < -0.3 is 14.6 Å². The Morgan fingerprint density at radius 2 is 1.85 bits per heavy atom. The van der Waals surface area contributed by atoms with Gasteiger partial charge in [0.05, 0.1) is 19.9 Å². The zero-order valence-corrected chi connectivity index (χ0v) is 12.2. The fourth-order valence-electron chi connectivity index (χ4n) is 2.20. The fraction of sp³-hybridized carbons (Fsp3) is 0.312. The Labute approximate surface area is 119 Å². The zero-order chi connectivity index (χ0) is 14.7. The Kier molecular flexibility index (Phi) is 4.25. The third-order valence-electron chi connectivity index (χ3n) is 3.25. The van der Waals surface area contributed by atoms with Crippen molar-refractivity contribution in [3.05, 3.63) is 52.8 Å². The van der Waals surface area contributed by atoms with Crippen molar-refractivity contribution in [3.8, 4) is 11.5 Å². The van der Waals surface area contributed by atoms with E-state index in [4.69, 9.17) is 9.47 Å². The molecule has 20 heavy (non-hydrogen) atoms. The van der Waals surface area contributed by atoms with E-state index in [-0.39, 0.29) is 0 Å². The van der Waals surface area contributed by atoms with Gasteiger partial charge in [0.15, 0.2) is 0 Å². The molecule has 0 saturated carbocycles. The number of aliphatic hydroxyl groups is 1. The molecule has 1 heterocycles. The first-order valence-electron chi connectivity index (χ1n) is 6.40. The number of nitrogens with zero attached hydrogens (tertiary/aromatic N) is 1. The molecular formula is C16H19NO3. The summed E-state index contributed by atoms with van der Waals surface area (Å²) >= 11 is 0. The van der Waals surface area contributed by atoms with Crippen molar-refractivity contribution >= 4 is 0 Å². The summed E-state index contributed by atoms with van der Waals surface area (Å²) in [5.74, 6) is 1.27. The highest BCUT2D eigenvalue weighted by Crippen LogP contribution is 2.33.